The van der Waals surface area contributed by atoms with Crippen LogP contribution in [-0.4, -0.2) is 17.7 Å². The molecule has 3 aromatic rings. The molecule has 0 spiro atoms. The highest BCUT2D eigenvalue weighted by Crippen LogP contribution is 2.32. The van der Waals surface area contributed by atoms with E-state index in [2.05, 4.69) is 5.32 Å². The van der Waals surface area contributed by atoms with E-state index >= 15 is 0 Å². The Labute approximate surface area is 191 Å². The number of benzene rings is 3. The summed E-state index contributed by atoms with van der Waals surface area (Å²) in [5.41, 5.74) is 3.66. The Balaban J connectivity index is 1.74. The first kappa shape index (κ1) is 22.8. The minimum atomic E-state index is -0.957. The van der Waals surface area contributed by atoms with Crippen LogP contribution in [0.4, 0.5) is 5.69 Å². The molecule has 0 saturated carbocycles. The predicted octanol–water partition coefficient (Wildman–Crippen LogP) is 6.59. The maximum Gasteiger partial charge on any atom is 0.335 e. The van der Waals surface area contributed by atoms with E-state index in [0.717, 1.165) is 16.8 Å². The standard InChI is InChI=1S/C24H23Cl2NO4/c1-3-30-23-11-16(13-27-21-12-17(24(28)29)9-7-15(21)2)8-10-22(23)31-14-18-19(25)5-4-6-20(18)26/h4-12,27H,3,13-14H2,1-2H3,(H,28,29). The number of nitrogens with one attached hydrogen (secondary N) is 1. The third kappa shape index (κ3) is 5.84. The smallest absolute Gasteiger partial charge is 0.335 e. The van der Waals surface area contributed by atoms with Crippen LogP contribution in [-0.2, 0) is 13.2 Å². The van der Waals surface area contributed by atoms with E-state index < -0.39 is 5.97 Å². The number of carbonyl (C=O) groups is 1. The summed E-state index contributed by atoms with van der Waals surface area (Å²) in [4.78, 5) is 11.2. The number of carboxylic acids is 1. The molecule has 5 nitrogen and oxygen atoms in total. The van der Waals surface area contributed by atoms with E-state index in [9.17, 15) is 9.90 Å². The fourth-order valence-electron chi connectivity index (χ4n) is 3.01. The van der Waals surface area contributed by atoms with Gasteiger partial charge in [0.2, 0.25) is 0 Å². The molecule has 0 heterocycles. The lowest BCUT2D eigenvalue weighted by molar-refractivity contribution is 0.0697. The summed E-state index contributed by atoms with van der Waals surface area (Å²) in [7, 11) is 0. The van der Waals surface area contributed by atoms with Crippen LogP contribution in [0.5, 0.6) is 11.5 Å². The maximum atomic E-state index is 11.2. The van der Waals surface area contributed by atoms with Crippen molar-refractivity contribution in [2.24, 2.45) is 0 Å². The molecular weight excluding hydrogens is 437 g/mol. The molecule has 0 radical (unpaired) electrons. The second-order valence-corrected chi connectivity index (χ2v) is 7.71. The van der Waals surface area contributed by atoms with Crippen LogP contribution in [0.1, 0.15) is 34.0 Å². The molecule has 162 valence electrons. The molecule has 0 aliphatic carbocycles. The Hall–Kier alpha value is -2.89. The maximum absolute atomic E-state index is 11.2. The summed E-state index contributed by atoms with van der Waals surface area (Å²) in [5.74, 6) is 0.244. The second-order valence-electron chi connectivity index (χ2n) is 6.89. The average Bonchev–Trinajstić information content (AvgIpc) is 2.74. The quantitative estimate of drug-likeness (QED) is 0.377. The van der Waals surface area contributed by atoms with E-state index in [1.54, 1.807) is 36.4 Å². The summed E-state index contributed by atoms with van der Waals surface area (Å²) in [6.07, 6.45) is 0. The SMILES string of the molecule is CCOc1cc(CNc2cc(C(=O)O)ccc2C)ccc1OCc1c(Cl)cccc1Cl. The summed E-state index contributed by atoms with van der Waals surface area (Å²) < 4.78 is 11.7. The third-order valence-electron chi connectivity index (χ3n) is 4.71. The van der Waals surface area contributed by atoms with Crippen molar-refractivity contribution >= 4 is 34.9 Å². The Morgan fingerprint density at radius 2 is 1.74 bits per heavy atom. The van der Waals surface area contributed by atoms with Crippen molar-refractivity contribution < 1.29 is 19.4 Å². The van der Waals surface area contributed by atoms with E-state index in [-0.39, 0.29) is 12.2 Å². The molecule has 0 fully saturated rings. The molecule has 0 saturated heterocycles. The minimum absolute atomic E-state index is 0.220. The number of rotatable bonds is 9. The number of halogens is 2. The fourth-order valence-corrected chi connectivity index (χ4v) is 3.52. The summed E-state index contributed by atoms with van der Waals surface area (Å²) in [6, 6.07) is 16.0. The largest absolute Gasteiger partial charge is 0.490 e. The zero-order valence-electron chi connectivity index (χ0n) is 17.2. The summed E-state index contributed by atoms with van der Waals surface area (Å²) in [6.45, 7) is 5.04. The second kappa shape index (κ2) is 10.4. The van der Waals surface area contributed by atoms with Gasteiger partial charge in [-0.1, -0.05) is 41.4 Å². The lowest BCUT2D eigenvalue weighted by Crippen LogP contribution is -2.05. The first-order valence-corrected chi connectivity index (χ1v) is 10.5. The average molecular weight is 460 g/mol. The first-order valence-electron chi connectivity index (χ1n) is 9.78. The van der Waals surface area contributed by atoms with Crippen LogP contribution in [0.15, 0.2) is 54.6 Å². The predicted molar refractivity (Wildman–Crippen MR) is 124 cm³/mol. The molecule has 0 aromatic heterocycles. The highest BCUT2D eigenvalue weighted by molar-refractivity contribution is 6.35. The highest BCUT2D eigenvalue weighted by atomic mass is 35.5. The number of carboxylic acid groups (broad SMARTS) is 1. The molecule has 0 amide bonds. The van der Waals surface area contributed by atoms with Crippen LogP contribution < -0.4 is 14.8 Å². The fraction of sp³-hybridized carbons (Fsp3) is 0.208. The van der Waals surface area contributed by atoms with Crippen molar-refractivity contribution in [2.45, 2.75) is 27.0 Å². The van der Waals surface area contributed by atoms with Gasteiger partial charge in [-0.3, -0.25) is 0 Å². The van der Waals surface area contributed by atoms with Gasteiger partial charge in [0.1, 0.15) is 6.61 Å². The minimum Gasteiger partial charge on any atom is -0.490 e. The summed E-state index contributed by atoms with van der Waals surface area (Å²) >= 11 is 12.4. The molecule has 0 aliphatic rings. The van der Waals surface area contributed by atoms with E-state index in [0.29, 0.717) is 40.3 Å². The molecule has 31 heavy (non-hydrogen) atoms. The van der Waals surface area contributed by atoms with Gasteiger partial charge in [0.25, 0.3) is 0 Å². The zero-order chi connectivity index (χ0) is 22.4. The lowest BCUT2D eigenvalue weighted by Gasteiger charge is -2.16. The number of ether oxygens (including phenoxy) is 2. The van der Waals surface area contributed by atoms with Gasteiger partial charge in [0, 0.05) is 27.8 Å². The zero-order valence-corrected chi connectivity index (χ0v) is 18.8. The van der Waals surface area contributed by atoms with E-state index in [4.69, 9.17) is 32.7 Å². The molecule has 0 unspecified atom stereocenters. The van der Waals surface area contributed by atoms with Crippen molar-refractivity contribution in [3.8, 4) is 11.5 Å². The normalized spacial score (nSPS) is 10.6. The monoisotopic (exact) mass is 459 g/mol. The molecule has 0 bridgehead atoms. The molecule has 2 N–H and O–H groups in total. The van der Waals surface area contributed by atoms with Gasteiger partial charge in [-0.15, -0.1) is 0 Å². The molecule has 7 heteroatoms. The number of aryl methyl sites for hydroxylation is 1. The van der Waals surface area contributed by atoms with Crippen LogP contribution in [0.2, 0.25) is 10.0 Å². The Bertz CT molecular complexity index is 1060. The number of hydrogen-bond acceptors (Lipinski definition) is 4. The van der Waals surface area contributed by atoms with Gasteiger partial charge >= 0.3 is 5.97 Å². The van der Waals surface area contributed by atoms with Gasteiger partial charge in [-0.2, -0.15) is 0 Å². The number of anilines is 1. The lowest BCUT2D eigenvalue weighted by atomic mass is 10.1. The van der Waals surface area contributed by atoms with Gasteiger partial charge < -0.3 is 19.9 Å². The molecule has 0 aliphatic heterocycles. The number of aromatic carboxylic acids is 1. The van der Waals surface area contributed by atoms with E-state index in [1.807, 2.05) is 32.0 Å². The van der Waals surface area contributed by atoms with Crippen molar-refractivity contribution in [1.29, 1.82) is 0 Å². The number of hydrogen-bond donors (Lipinski definition) is 2. The van der Waals surface area contributed by atoms with Gasteiger partial charge in [0.05, 0.1) is 12.2 Å². The first-order chi connectivity index (χ1) is 14.9. The molecule has 3 aromatic carbocycles. The Kier molecular flexibility index (Phi) is 7.66. The molecule has 0 atom stereocenters. The van der Waals surface area contributed by atoms with Crippen molar-refractivity contribution in [2.75, 3.05) is 11.9 Å². The van der Waals surface area contributed by atoms with Crippen molar-refractivity contribution in [3.63, 3.8) is 0 Å². The van der Waals surface area contributed by atoms with Crippen molar-refractivity contribution in [1.82, 2.24) is 0 Å². The van der Waals surface area contributed by atoms with Gasteiger partial charge in [-0.05, 0) is 61.4 Å². The summed E-state index contributed by atoms with van der Waals surface area (Å²) in [5, 5.41) is 13.6. The van der Waals surface area contributed by atoms with Crippen LogP contribution in [0.3, 0.4) is 0 Å². The van der Waals surface area contributed by atoms with E-state index in [1.165, 1.54) is 0 Å². The van der Waals surface area contributed by atoms with Gasteiger partial charge in [-0.25, -0.2) is 4.79 Å². The Morgan fingerprint density at radius 1 is 1.00 bits per heavy atom. The van der Waals surface area contributed by atoms with Crippen LogP contribution >= 0.6 is 23.2 Å². The third-order valence-corrected chi connectivity index (χ3v) is 5.42. The van der Waals surface area contributed by atoms with Gasteiger partial charge in [0.15, 0.2) is 11.5 Å². The van der Waals surface area contributed by atoms with Crippen LogP contribution in [0, 0.1) is 6.92 Å². The van der Waals surface area contributed by atoms with Crippen molar-refractivity contribution in [3.05, 3.63) is 86.9 Å². The topological polar surface area (TPSA) is 67.8 Å². The molecular formula is C24H23Cl2NO4. The van der Waals surface area contributed by atoms with Crippen LogP contribution in [0.25, 0.3) is 0 Å². The highest BCUT2D eigenvalue weighted by Gasteiger charge is 2.11. The molecule has 3 rings (SSSR count). The Morgan fingerprint density at radius 3 is 2.42 bits per heavy atom.